The molecule has 0 bridgehead atoms. The van der Waals surface area contributed by atoms with Crippen LogP contribution in [0.15, 0.2) is 36.4 Å². The van der Waals surface area contributed by atoms with Crippen LogP contribution in [0.5, 0.6) is 0 Å². The molecule has 4 heteroatoms. The standard InChI is InChI=1S/C15H15ClN2O/c1-9-3-6-12(14(17)7-9)15(19)18-11-5-4-10(2)13(16)8-11/h3-8H,17H2,1-2H3,(H,18,19). The van der Waals surface area contributed by atoms with E-state index >= 15 is 0 Å². The van der Waals surface area contributed by atoms with Crippen LogP contribution in [0.4, 0.5) is 11.4 Å². The van der Waals surface area contributed by atoms with E-state index in [-0.39, 0.29) is 5.91 Å². The summed E-state index contributed by atoms with van der Waals surface area (Å²) in [7, 11) is 0. The van der Waals surface area contributed by atoms with Gasteiger partial charge in [-0.3, -0.25) is 4.79 Å². The van der Waals surface area contributed by atoms with Gasteiger partial charge in [0, 0.05) is 16.4 Å². The van der Waals surface area contributed by atoms with Crippen molar-refractivity contribution in [2.75, 3.05) is 11.1 Å². The van der Waals surface area contributed by atoms with Crippen LogP contribution in [-0.2, 0) is 0 Å². The van der Waals surface area contributed by atoms with Crippen molar-refractivity contribution in [3.05, 3.63) is 58.1 Å². The highest BCUT2D eigenvalue weighted by atomic mass is 35.5. The summed E-state index contributed by atoms with van der Waals surface area (Å²) in [4.78, 5) is 12.1. The molecule has 0 atom stereocenters. The van der Waals surface area contributed by atoms with Gasteiger partial charge in [0.25, 0.3) is 5.91 Å². The van der Waals surface area contributed by atoms with Crippen molar-refractivity contribution in [2.24, 2.45) is 0 Å². The molecule has 3 nitrogen and oxygen atoms in total. The molecule has 0 fully saturated rings. The highest BCUT2D eigenvalue weighted by molar-refractivity contribution is 6.31. The fourth-order valence-electron chi connectivity index (χ4n) is 1.76. The molecular formula is C15H15ClN2O. The maximum Gasteiger partial charge on any atom is 0.257 e. The molecular weight excluding hydrogens is 260 g/mol. The lowest BCUT2D eigenvalue weighted by molar-refractivity contribution is 0.102. The summed E-state index contributed by atoms with van der Waals surface area (Å²) in [5, 5.41) is 3.40. The normalized spacial score (nSPS) is 10.3. The monoisotopic (exact) mass is 274 g/mol. The average molecular weight is 275 g/mol. The van der Waals surface area contributed by atoms with Gasteiger partial charge >= 0.3 is 0 Å². The predicted molar refractivity (Wildman–Crippen MR) is 79.7 cm³/mol. The molecule has 0 spiro atoms. The van der Waals surface area contributed by atoms with Gasteiger partial charge < -0.3 is 11.1 Å². The van der Waals surface area contributed by atoms with Crippen LogP contribution in [0, 0.1) is 13.8 Å². The van der Waals surface area contributed by atoms with E-state index in [0.29, 0.717) is 22.0 Å². The molecule has 0 heterocycles. The van der Waals surface area contributed by atoms with Crippen LogP contribution < -0.4 is 11.1 Å². The number of nitrogens with one attached hydrogen (secondary N) is 1. The van der Waals surface area contributed by atoms with E-state index < -0.39 is 0 Å². The number of aryl methyl sites for hydroxylation is 2. The van der Waals surface area contributed by atoms with E-state index in [1.807, 2.05) is 32.0 Å². The number of nitrogen functional groups attached to an aromatic ring is 1. The largest absolute Gasteiger partial charge is 0.398 e. The fraction of sp³-hybridized carbons (Fsp3) is 0.133. The molecule has 0 radical (unpaired) electrons. The lowest BCUT2D eigenvalue weighted by Crippen LogP contribution is -2.14. The highest BCUT2D eigenvalue weighted by Crippen LogP contribution is 2.21. The molecule has 0 saturated heterocycles. The Labute approximate surface area is 117 Å². The van der Waals surface area contributed by atoms with Crippen molar-refractivity contribution in [3.8, 4) is 0 Å². The molecule has 19 heavy (non-hydrogen) atoms. The lowest BCUT2D eigenvalue weighted by Gasteiger charge is -2.09. The minimum absolute atomic E-state index is 0.239. The zero-order chi connectivity index (χ0) is 14.0. The van der Waals surface area contributed by atoms with Gasteiger partial charge in [0.2, 0.25) is 0 Å². The molecule has 0 aromatic heterocycles. The second-order valence-electron chi connectivity index (χ2n) is 4.51. The van der Waals surface area contributed by atoms with Gasteiger partial charge in [-0.1, -0.05) is 23.7 Å². The maximum atomic E-state index is 12.1. The zero-order valence-corrected chi connectivity index (χ0v) is 11.6. The molecule has 0 aliphatic rings. The number of hydrogen-bond acceptors (Lipinski definition) is 2. The first-order valence-electron chi connectivity index (χ1n) is 5.91. The first kappa shape index (κ1) is 13.4. The van der Waals surface area contributed by atoms with E-state index in [9.17, 15) is 4.79 Å². The van der Waals surface area contributed by atoms with Crippen LogP contribution in [-0.4, -0.2) is 5.91 Å². The Morgan fingerprint density at radius 2 is 1.89 bits per heavy atom. The topological polar surface area (TPSA) is 55.1 Å². The van der Waals surface area contributed by atoms with Crippen molar-refractivity contribution in [1.82, 2.24) is 0 Å². The number of nitrogens with two attached hydrogens (primary N) is 1. The molecule has 0 saturated carbocycles. The lowest BCUT2D eigenvalue weighted by atomic mass is 10.1. The second kappa shape index (κ2) is 5.33. The molecule has 0 aliphatic heterocycles. The first-order valence-corrected chi connectivity index (χ1v) is 6.29. The third-order valence-electron chi connectivity index (χ3n) is 2.88. The summed E-state index contributed by atoms with van der Waals surface area (Å²) >= 11 is 6.02. The van der Waals surface area contributed by atoms with E-state index in [1.54, 1.807) is 18.2 Å². The van der Waals surface area contributed by atoms with E-state index in [0.717, 1.165) is 11.1 Å². The average Bonchev–Trinajstić information content (AvgIpc) is 2.33. The summed E-state index contributed by atoms with van der Waals surface area (Å²) in [6.45, 7) is 3.84. The molecule has 0 aliphatic carbocycles. The van der Waals surface area contributed by atoms with Gasteiger partial charge in [0.05, 0.1) is 5.56 Å². The smallest absolute Gasteiger partial charge is 0.257 e. The third kappa shape index (κ3) is 3.06. The SMILES string of the molecule is Cc1ccc(C(=O)Nc2ccc(C)c(Cl)c2)c(N)c1. The Bertz CT molecular complexity index is 638. The number of halogens is 1. The van der Waals surface area contributed by atoms with Crippen LogP contribution in [0.2, 0.25) is 5.02 Å². The summed E-state index contributed by atoms with van der Waals surface area (Å²) in [6, 6.07) is 10.7. The van der Waals surface area contributed by atoms with Gasteiger partial charge in [-0.2, -0.15) is 0 Å². The maximum absolute atomic E-state index is 12.1. The number of benzene rings is 2. The number of carbonyl (C=O) groups is 1. The van der Waals surface area contributed by atoms with Crippen LogP contribution >= 0.6 is 11.6 Å². The number of amides is 1. The Morgan fingerprint density at radius 1 is 1.16 bits per heavy atom. The first-order chi connectivity index (χ1) is 8.97. The Morgan fingerprint density at radius 3 is 2.53 bits per heavy atom. The van der Waals surface area contributed by atoms with Crippen LogP contribution in [0.25, 0.3) is 0 Å². The number of hydrogen-bond donors (Lipinski definition) is 2. The van der Waals surface area contributed by atoms with Crippen molar-refractivity contribution in [2.45, 2.75) is 13.8 Å². The molecule has 1 amide bonds. The summed E-state index contributed by atoms with van der Waals surface area (Å²) < 4.78 is 0. The van der Waals surface area contributed by atoms with Gasteiger partial charge in [-0.15, -0.1) is 0 Å². The number of anilines is 2. The second-order valence-corrected chi connectivity index (χ2v) is 4.92. The number of carbonyl (C=O) groups excluding carboxylic acids is 1. The van der Waals surface area contributed by atoms with Crippen molar-refractivity contribution >= 4 is 28.9 Å². The molecule has 98 valence electrons. The van der Waals surface area contributed by atoms with Crippen molar-refractivity contribution in [1.29, 1.82) is 0 Å². The zero-order valence-electron chi connectivity index (χ0n) is 10.8. The minimum Gasteiger partial charge on any atom is -0.398 e. The van der Waals surface area contributed by atoms with E-state index in [4.69, 9.17) is 17.3 Å². The minimum atomic E-state index is -0.239. The van der Waals surface area contributed by atoms with Crippen molar-refractivity contribution < 1.29 is 4.79 Å². The van der Waals surface area contributed by atoms with E-state index in [1.165, 1.54) is 0 Å². The Balaban J connectivity index is 2.23. The summed E-state index contributed by atoms with van der Waals surface area (Å²) in [6.07, 6.45) is 0. The molecule has 2 rings (SSSR count). The molecule has 2 aromatic carbocycles. The molecule has 2 aromatic rings. The van der Waals surface area contributed by atoms with Gasteiger partial charge in [0.15, 0.2) is 0 Å². The van der Waals surface area contributed by atoms with Crippen LogP contribution in [0.3, 0.4) is 0 Å². The molecule has 0 unspecified atom stereocenters. The van der Waals surface area contributed by atoms with Gasteiger partial charge in [-0.05, 0) is 49.2 Å². The predicted octanol–water partition coefficient (Wildman–Crippen LogP) is 3.79. The van der Waals surface area contributed by atoms with Crippen molar-refractivity contribution in [3.63, 3.8) is 0 Å². The van der Waals surface area contributed by atoms with Gasteiger partial charge in [-0.25, -0.2) is 0 Å². The van der Waals surface area contributed by atoms with Crippen LogP contribution in [0.1, 0.15) is 21.5 Å². The molecule has 3 N–H and O–H groups in total. The van der Waals surface area contributed by atoms with Gasteiger partial charge in [0.1, 0.15) is 0 Å². The van der Waals surface area contributed by atoms with E-state index in [2.05, 4.69) is 5.32 Å². The quantitative estimate of drug-likeness (QED) is 0.819. The third-order valence-corrected chi connectivity index (χ3v) is 3.29. The Kier molecular flexibility index (Phi) is 3.76. The number of rotatable bonds is 2. The Hall–Kier alpha value is -2.00. The highest BCUT2D eigenvalue weighted by Gasteiger charge is 2.10. The fourth-order valence-corrected chi connectivity index (χ4v) is 1.94. The summed E-state index contributed by atoms with van der Waals surface area (Å²) in [5.41, 5.74) is 9.41. The summed E-state index contributed by atoms with van der Waals surface area (Å²) in [5.74, 6) is -0.239.